The number of carbonyl (C=O) groups is 1. The minimum atomic E-state index is -4.14. The fraction of sp³-hybridized carbons (Fsp3) is 0.417. The average Bonchev–Trinajstić information content (AvgIpc) is 2.33. The highest BCUT2D eigenvalue weighted by Crippen LogP contribution is 2.30. The monoisotopic (exact) mass is 338 g/mol. The molecule has 0 bridgehead atoms. The van der Waals surface area contributed by atoms with Gasteiger partial charge in [-0.1, -0.05) is 6.92 Å². The molecule has 9 heteroatoms. The molecule has 0 saturated carbocycles. The molecular formula is C12H15FO6S2. The molecule has 0 aromatic heterocycles. The number of hydrogen-bond donors (Lipinski definition) is 0. The van der Waals surface area contributed by atoms with Gasteiger partial charge in [0.25, 0.3) is 0 Å². The van der Waals surface area contributed by atoms with Crippen LogP contribution in [-0.2, 0) is 30.8 Å². The van der Waals surface area contributed by atoms with E-state index in [1.807, 2.05) is 0 Å². The van der Waals surface area contributed by atoms with Crippen molar-refractivity contribution in [2.75, 3.05) is 19.6 Å². The van der Waals surface area contributed by atoms with Crippen LogP contribution in [0.15, 0.2) is 15.9 Å². The third-order valence-corrected chi connectivity index (χ3v) is 5.21. The van der Waals surface area contributed by atoms with E-state index in [0.717, 1.165) is 19.4 Å². The highest BCUT2D eigenvalue weighted by molar-refractivity contribution is 7.93. The van der Waals surface area contributed by atoms with Crippen LogP contribution in [0.1, 0.15) is 22.8 Å². The first-order chi connectivity index (χ1) is 9.45. The Morgan fingerprint density at radius 2 is 1.71 bits per heavy atom. The highest BCUT2D eigenvalue weighted by Gasteiger charge is 2.30. The summed E-state index contributed by atoms with van der Waals surface area (Å²) in [6.45, 7) is 1.51. The zero-order valence-electron chi connectivity index (χ0n) is 11.9. The molecular weight excluding hydrogens is 323 g/mol. The molecule has 118 valence electrons. The van der Waals surface area contributed by atoms with E-state index in [-0.39, 0.29) is 17.5 Å². The molecule has 0 atom stereocenters. The van der Waals surface area contributed by atoms with Gasteiger partial charge in [-0.15, -0.1) is 0 Å². The molecule has 0 amide bonds. The Bertz CT molecular complexity index is 794. The van der Waals surface area contributed by atoms with Crippen molar-refractivity contribution in [3.63, 3.8) is 0 Å². The van der Waals surface area contributed by atoms with E-state index in [0.29, 0.717) is 6.26 Å². The van der Waals surface area contributed by atoms with E-state index in [2.05, 4.69) is 4.74 Å². The van der Waals surface area contributed by atoms with Crippen molar-refractivity contribution >= 4 is 25.6 Å². The van der Waals surface area contributed by atoms with Crippen molar-refractivity contribution in [2.24, 2.45) is 0 Å². The number of rotatable bonds is 4. The molecule has 0 saturated heterocycles. The molecule has 0 N–H and O–H groups in total. The molecule has 1 rings (SSSR count). The third kappa shape index (κ3) is 3.41. The van der Waals surface area contributed by atoms with E-state index in [4.69, 9.17) is 0 Å². The number of carbonyl (C=O) groups excluding carboxylic acids is 1. The van der Waals surface area contributed by atoms with E-state index < -0.39 is 41.3 Å². The average molecular weight is 338 g/mol. The Morgan fingerprint density at radius 3 is 2.05 bits per heavy atom. The van der Waals surface area contributed by atoms with Crippen LogP contribution in [0.25, 0.3) is 0 Å². The van der Waals surface area contributed by atoms with Gasteiger partial charge in [0.15, 0.2) is 19.7 Å². The quantitative estimate of drug-likeness (QED) is 0.760. The number of benzene rings is 1. The van der Waals surface area contributed by atoms with Crippen LogP contribution in [0.5, 0.6) is 0 Å². The highest BCUT2D eigenvalue weighted by atomic mass is 32.2. The number of halogens is 1. The molecule has 0 unspecified atom stereocenters. The number of hydrogen-bond acceptors (Lipinski definition) is 6. The lowest BCUT2D eigenvalue weighted by Crippen LogP contribution is -2.16. The molecule has 1 aromatic rings. The zero-order chi connectivity index (χ0) is 16.6. The van der Waals surface area contributed by atoms with Crippen LogP contribution in [0.4, 0.5) is 4.39 Å². The van der Waals surface area contributed by atoms with Crippen molar-refractivity contribution < 1.29 is 30.8 Å². The maximum Gasteiger partial charge on any atom is 0.338 e. The topological polar surface area (TPSA) is 94.6 Å². The maximum atomic E-state index is 14.5. The Kier molecular flexibility index (Phi) is 4.79. The minimum absolute atomic E-state index is 0.00281. The first-order valence-electron chi connectivity index (χ1n) is 5.78. The predicted molar refractivity (Wildman–Crippen MR) is 73.3 cm³/mol. The Balaban J connectivity index is 4.05. The van der Waals surface area contributed by atoms with E-state index >= 15 is 0 Å². The lowest BCUT2D eigenvalue weighted by Gasteiger charge is -2.14. The smallest absolute Gasteiger partial charge is 0.338 e. The van der Waals surface area contributed by atoms with Crippen molar-refractivity contribution in [3.05, 3.63) is 23.0 Å². The zero-order valence-corrected chi connectivity index (χ0v) is 13.6. The molecule has 0 heterocycles. The second-order valence-corrected chi connectivity index (χ2v) is 8.37. The van der Waals surface area contributed by atoms with Gasteiger partial charge < -0.3 is 4.74 Å². The van der Waals surface area contributed by atoms with Gasteiger partial charge >= 0.3 is 5.97 Å². The molecule has 0 spiro atoms. The fourth-order valence-electron chi connectivity index (χ4n) is 1.91. The van der Waals surface area contributed by atoms with Crippen LogP contribution < -0.4 is 0 Å². The van der Waals surface area contributed by atoms with Gasteiger partial charge in [-0.05, 0) is 12.5 Å². The summed E-state index contributed by atoms with van der Waals surface area (Å²) in [7, 11) is -7.13. The normalized spacial score (nSPS) is 12.2. The van der Waals surface area contributed by atoms with E-state index in [9.17, 15) is 26.0 Å². The first kappa shape index (κ1) is 17.6. The largest absolute Gasteiger partial charge is 0.465 e. The molecule has 6 nitrogen and oxygen atoms in total. The molecule has 0 aliphatic carbocycles. The van der Waals surface area contributed by atoms with Gasteiger partial charge in [-0.3, -0.25) is 0 Å². The Labute approximate surface area is 122 Å². The summed E-state index contributed by atoms with van der Waals surface area (Å²) < 4.78 is 65.8. The summed E-state index contributed by atoms with van der Waals surface area (Å²) >= 11 is 0. The minimum Gasteiger partial charge on any atom is -0.465 e. The van der Waals surface area contributed by atoms with Crippen molar-refractivity contribution in [1.82, 2.24) is 0 Å². The number of sulfone groups is 2. The lowest BCUT2D eigenvalue weighted by atomic mass is 10.0. The molecule has 0 radical (unpaired) electrons. The second-order valence-electron chi connectivity index (χ2n) is 4.43. The van der Waals surface area contributed by atoms with Crippen molar-refractivity contribution in [2.45, 2.75) is 23.1 Å². The van der Waals surface area contributed by atoms with Crippen LogP contribution in [-0.4, -0.2) is 42.4 Å². The summed E-state index contributed by atoms with van der Waals surface area (Å²) in [5, 5.41) is 0. The van der Waals surface area contributed by atoms with Crippen molar-refractivity contribution in [3.8, 4) is 0 Å². The molecule has 21 heavy (non-hydrogen) atoms. The lowest BCUT2D eigenvalue weighted by molar-refractivity contribution is 0.0598. The standard InChI is InChI=1S/C12H15FO6S2/c1-5-7-8(12(14)19-2)6-9(20(3,15)16)11(10(7)13)21(4,17)18/h6H,5H2,1-4H3. The molecule has 0 aliphatic heterocycles. The maximum absolute atomic E-state index is 14.5. The van der Waals surface area contributed by atoms with Gasteiger partial charge in [-0.2, -0.15) is 0 Å². The summed E-state index contributed by atoms with van der Waals surface area (Å²) in [5.74, 6) is -2.17. The second kappa shape index (κ2) is 5.72. The summed E-state index contributed by atoms with van der Waals surface area (Å²) in [6.07, 6.45) is 1.45. The van der Waals surface area contributed by atoms with Crippen LogP contribution >= 0.6 is 0 Å². The fourth-order valence-corrected chi connectivity index (χ4v) is 4.45. The van der Waals surface area contributed by atoms with Gasteiger partial charge in [-0.25, -0.2) is 26.0 Å². The summed E-state index contributed by atoms with van der Waals surface area (Å²) in [4.78, 5) is 9.98. The number of esters is 1. The third-order valence-electron chi connectivity index (χ3n) is 2.82. The molecule has 0 fully saturated rings. The Morgan fingerprint density at radius 1 is 1.19 bits per heavy atom. The summed E-state index contributed by atoms with van der Waals surface area (Å²) in [5.41, 5.74) is -0.500. The first-order valence-corrected chi connectivity index (χ1v) is 9.57. The van der Waals surface area contributed by atoms with Gasteiger partial charge in [0.05, 0.1) is 17.6 Å². The molecule has 0 aliphatic rings. The van der Waals surface area contributed by atoms with Crippen LogP contribution in [0, 0.1) is 5.82 Å². The number of methoxy groups -OCH3 is 1. The number of ether oxygens (including phenoxy) is 1. The van der Waals surface area contributed by atoms with E-state index in [1.165, 1.54) is 6.92 Å². The SMILES string of the molecule is CCc1c(C(=O)OC)cc(S(C)(=O)=O)c(S(C)(=O)=O)c1F. The van der Waals surface area contributed by atoms with E-state index in [1.54, 1.807) is 0 Å². The predicted octanol–water partition coefficient (Wildman–Crippen LogP) is 0.982. The van der Waals surface area contributed by atoms with Gasteiger partial charge in [0.2, 0.25) is 0 Å². The Hall–Kier alpha value is -1.48. The van der Waals surface area contributed by atoms with Crippen LogP contribution in [0.2, 0.25) is 0 Å². The molecule has 1 aromatic carbocycles. The van der Waals surface area contributed by atoms with Gasteiger partial charge in [0.1, 0.15) is 10.7 Å². The van der Waals surface area contributed by atoms with Gasteiger partial charge in [0, 0.05) is 18.1 Å². The summed E-state index contributed by atoms with van der Waals surface area (Å²) in [6, 6.07) is 0.847. The van der Waals surface area contributed by atoms with Crippen molar-refractivity contribution in [1.29, 1.82) is 0 Å². The van der Waals surface area contributed by atoms with Crippen LogP contribution in [0.3, 0.4) is 0 Å².